The molecule has 0 saturated carbocycles. The van der Waals surface area contributed by atoms with Crippen LogP contribution in [0.5, 0.6) is 0 Å². The highest BCUT2D eigenvalue weighted by molar-refractivity contribution is 7.84. The Labute approximate surface area is 78.1 Å². The van der Waals surface area contributed by atoms with Crippen LogP contribution >= 0.6 is 12.6 Å². The minimum absolute atomic E-state index is 0.0365. The monoisotopic (exact) mass is 181 g/mol. The molecule has 0 spiro atoms. The van der Waals surface area contributed by atoms with Gasteiger partial charge in [-0.3, -0.25) is 0 Å². The van der Waals surface area contributed by atoms with E-state index in [-0.39, 0.29) is 5.57 Å². The van der Waals surface area contributed by atoms with Gasteiger partial charge in [0.15, 0.2) is 5.57 Å². The maximum atomic E-state index is 8.43. The summed E-state index contributed by atoms with van der Waals surface area (Å²) in [6.45, 7) is 2.82. The Morgan fingerprint density at radius 1 is 1.42 bits per heavy atom. The van der Waals surface area contributed by atoms with Crippen LogP contribution in [0, 0.1) is 22.7 Å². The van der Waals surface area contributed by atoms with E-state index in [0.29, 0.717) is 5.03 Å². The summed E-state index contributed by atoms with van der Waals surface area (Å²) in [5.74, 6) is 0. The Morgan fingerprint density at radius 3 is 2.42 bits per heavy atom. The molecule has 0 saturated heterocycles. The first-order valence-electron chi connectivity index (χ1n) is 3.73. The van der Waals surface area contributed by atoms with E-state index in [1.807, 2.05) is 0 Å². The van der Waals surface area contributed by atoms with Crippen LogP contribution in [0.15, 0.2) is 10.6 Å². The number of nitriles is 2. The van der Waals surface area contributed by atoms with Gasteiger partial charge >= 0.3 is 0 Å². The summed E-state index contributed by atoms with van der Waals surface area (Å²) >= 11 is 3.98. The highest BCUT2D eigenvalue weighted by atomic mass is 32.1. The van der Waals surface area contributed by atoms with Gasteiger partial charge in [-0.1, -0.05) is 13.3 Å². The first kappa shape index (κ1) is 10.9. The third-order valence-electron chi connectivity index (χ3n) is 1.28. The van der Waals surface area contributed by atoms with Crippen molar-refractivity contribution in [2.45, 2.75) is 19.8 Å². The second kappa shape index (κ2) is 6.57. The zero-order chi connectivity index (χ0) is 9.40. The van der Waals surface area contributed by atoms with Gasteiger partial charge in [0, 0.05) is 6.54 Å². The van der Waals surface area contributed by atoms with E-state index < -0.39 is 0 Å². The Morgan fingerprint density at radius 2 is 2.00 bits per heavy atom. The zero-order valence-electron chi connectivity index (χ0n) is 6.96. The summed E-state index contributed by atoms with van der Waals surface area (Å²) in [6.07, 6.45) is 2.08. The summed E-state index contributed by atoms with van der Waals surface area (Å²) in [4.78, 5) is 0. The molecule has 0 atom stereocenters. The lowest BCUT2D eigenvalue weighted by Gasteiger charge is -2.02. The van der Waals surface area contributed by atoms with E-state index in [4.69, 9.17) is 10.5 Å². The molecule has 0 aliphatic carbocycles. The highest BCUT2D eigenvalue weighted by Gasteiger charge is 1.99. The van der Waals surface area contributed by atoms with Crippen LogP contribution < -0.4 is 5.32 Å². The first-order valence-corrected chi connectivity index (χ1v) is 4.18. The number of allylic oxidation sites excluding steroid dienone is 1. The van der Waals surface area contributed by atoms with E-state index in [1.54, 1.807) is 12.1 Å². The average molecular weight is 181 g/mol. The predicted octanol–water partition coefficient (Wildman–Crippen LogP) is 1.56. The lowest BCUT2D eigenvalue weighted by atomic mass is 10.3. The molecule has 0 radical (unpaired) electrons. The number of hydrogen-bond acceptors (Lipinski definition) is 4. The van der Waals surface area contributed by atoms with Crippen LogP contribution in [0.4, 0.5) is 0 Å². The predicted molar refractivity (Wildman–Crippen MR) is 50.1 cm³/mol. The quantitative estimate of drug-likeness (QED) is 0.393. The fourth-order valence-electron chi connectivity index (χ4n) is 0.603. The van der Waals surface area contributed by atoms with E-state index in [0.717, 1.165) is 19.4 Å². The smallest absolute Gasteiger partial charge is 0.159 e. The fraction of sp³-hybridized carbons (Fsp3) is 0.500. The van der Waals surface area contributed by atoms with Crippen molar-refractivity contribution in [1.82, 2.24) is 5.32 Å². The summed E-state index contributed by atoms with van der Waals surface area (Å²) < 4.78 is 0. The molecule has 0 fully saturated rings. The number of hydrogen-bond donors (Lipinski definition) is 2. The standard InChI is InChI=1S/C8H11N3S/c1-2-3-4-11-8(12)7(5-9)6-10/h11-12H,2-4H2,1H3. The van der Waals surface area contributed by atoms with Gasteiger partial charge in [-0.15, -0.1) is 12.6 Å². The Bertz CT molecular complexity index is 228. The van der Waals surface area contributed by atoms with Crippen molar-refractivity contribution in [3.05, 3.63) is 10.6 Å². The summed E-state index contributed by atoms with van der Waals surface area (Å²) in [7, 11) is 0. The number of nitrogens with one attached hydrogen (secondary N) is 1. The van der Waals surface area contributed by atoms with Gasteiger partial charge in [-0.25, -0.2) is 0 Å². The number of nitrogens with zero attached hydrogens (tertiary/aromatic N) is 2. The molecular weight excluding hydrogens is 170 g/mol. The van der Waals surface area contributed by atoms with Gasteiger partial charge in [-0.2, -0.15) is 10.5 Å². The Kier molecular flexibility index (Phi) is 5.95. The second-order valence-corrected chi connectivity index (χ2v) is 2.67. The maximum absolute atomic E-state index is 8.43. The number of unbranched alkanes of at least 4 members (excludes halogenated alkanes) is 1. The third-order valence-corrected chi connectivity index (χ3v) is 1.66. The van der Waals surface area contributed by atoms with E-state index >= 15 is 0 Å². The number of thiol groups is 1. The molecule has 0 aliphatic rings. The molecule has 0 aromatic carbocycles. The van der Waals surface area contributed by atoms with Crippen molar-refractivity contribution in [2.75, 3.05) is 6.54 Å². The van der Waals surface area contributed by atoms with E-state index in [9.17, 15) is 0 Å². The van der Waals surface area contributed by atoms with Crippen LogP contribution in [0.25, 0.3) is 0 Å². The Balaban J connectivity index is 4.02. The molecule has 0 heterocycles. The topological polar surface area (TPSA) is 59.6 Å². The number of rotatable bonds is 4. The van der Waals surface area contributed by atoms with E-state index in [1.165, 1.54) is 0 Å². The van der Waals surface area contributed by atoms with Gasteiger partial charge in [0.1, 0.15) is 12.1 Å². The van der Waals surface area contributed by atoms with Crippen molar-refractivity contribution >= 4 is 12.6 Å². The van der Waals surface area contributed by atoms with Crippen molar-refractivity contribution in [3.8, 4) is 12.1 Å². The minimum Gasteiger partial charge on any atom is -0.378 e. The SMILES string of the molecule is CCCCNC(S)=C(C#N)C#N. The second-order valence-electron chi connectivity index (χ2n) is 2.23. The molecule has 64 valence electrons. The molecule has 0 aromatic rings. The fourth-order valence-corrected chi connectivity index (χ4v) is 0.815. The molecule has 0 unspecified atom stereocenters. The van der Waals surface area contributed by atoms with Gasteiger partial charge in [0.25, 0.3) is 0 Å². The van der Waals surface area contributed by atoms with Crippen molar-refractivity contribution in [1.29, 1.82) is 10.5 Å². The zero-order valence-corrected chi connectivity index (χ0v) is 7.86. The first-order chi connectivity index (χ1) is 5.76. The van der Waals surface area contributed by atoms with Crippen LogP contribution in [0.2, 0.25) is 0 Å². The van der Waals surface area contributed by atoms with Gasteiger partial charge in [0.2, 0.25) is 0 Å². The lowest BCUT2D eigenvalue weighted by molar-refractivity contribution is 0.729. The highest BCUT2D eigenvalue weighted by Crippen LogP contribution is 2.03. The van der Waals surface area contributed by atoms with Crippen molar-refractivity contribution in [2.24, 2.45) is 0 Å². The van der Waals surface area contributed by atoms with Crippen LogP contribution in [-0.2, 0) is 0 Å². The van der Waals surface area contributed by atoms with Crippen molar-refractivity contribution in [3.63, 3.8) is 0 Å². The van der Waals surface area contributed by atoms with Crippen LogP contribution in [0.1, 0.15) is 19.8 Å². The van der Waals surface area contributed by atoms with Gasteiger partial charge < -0.3 is 5.32 Å². The average Bonchev–Trinajstić information content (AvgIpc) is 2.07. The van der Waals surface area contributed by atoms with Crippen LogP contribution in [0.3, 0.4) is 0 Å². The van der Waals surface area contributed by atoms with Crippen LogP contribution in [-0.4, -0.2) is 6.54 Å². The van der Waals surface area contributed by atoms with Crippen molar-refractivity contribution < 1.29 is 0 Å². The maximum Gasteiger partial charge on any atom is 0.159 e. The van der Waals surface area contributed by atoms with Gasteiger partial charge in [-0.05, 0) is 6.42 Å². The van der Waals surface area contributed by atoms with E-state index in [2.05, 4.69) is 24.9 Å². The molecule has 0 aliphatic heterocycles. The van der Waals surface area contributed by atoms with Gasteiger partial charge in [0.05, 0.1) is 5.03 Å². The molecule has 0 bridgehead atoms. The Hall–Kier alpha value is -1.13. The summed E-state index contributed by atoms with van der Waals surface area (Å²) in [5, 5.41) is 20.1. The molecule has 0 aromatic heterocycles. The molecule has 0 amide bonds. The summed E-state index contributed by atoms with van der Waals surface area (Å²) in [5.41, 5.74) is 0.0365. The molecule has 3 nitrogen and oxygen atoms in total. The summed E-state index contributed by atoms with van der Waals surface area (Å²) in [6, 6.07) is 3.52. The molecular formula is C8H11N3S. The minimum atomic E-state index is 0.0365. The largest absolute Gasteiger partial charge is 0.378 e. The molecule has 4 heteroatoms. The molecule has 12 heavy (non-hydrogen) atoms. The molecule has 1 N–H and O–H groups in total. The normalized spacial score (nSPS) is 8.00. The molecule has 0 rings (SSSR count). The lowest BCUT2D eigenvalue weighted by Crippen LogP contribution is -2.12. The third kappa shape index (κ3) is 3.90.